The van der Waals surface area contributed by atoms with E-state index < -0.39 is 5.97 Å². The molecule has 1 saturated carbocycles. The topological polar surface area (TPSA) is 59.0 Å². The van der Waals surface area contributed by atoms with Crippen LogP contribution >= 0.6 is 0 Å². The Kier molecular flexibility index (Phi) is 4.29. The van der Waals surface area contributed by atoms with E-state index in [9.17, 15) is 4.79 Å². The van der Waals surface area contributed by atoms with Crippen molar-refractivity contribution in [2.75, 3.05) is 26.3 Å². The van der Waals surface area contributed by atoms with Gasteiger partial charge in [-0.15, -0.1) is 0 Å². The van der Waals surface area contributed by atoms with Crippen LogP contribution < -0.4 is 0 Å². The standard InChI is InChI=1S/C15H25NO4/c17-14(18)9-13-11-16(6-8-19-13)12-3-7-20-15(10-12)4-1-2-5-15/h12-13H,1-11H2,(H,17,18). The summed E-state index contributed by atoms with van der Waals surface area (Å²) >= 11 is 0. The van der Waals surface area contributed by atoms with Gasteiger partial charge in [-0.3, -0.25) is 9.69 Å². The third-order valence-corrected chi connectivity index (χ3v) is 5.07. The quantitative estimate of drug-likeness (QED) is 0.853. The lowest BCUT2D eigenvalue weighted by molar-refractivity contribution is -0.145. The molecule has 5 nitrogen and oxygen atoms in total. The molecule has 0 aromatic heterocycles. The monoisotopic (exact) mass is 283 g/mol. The van der Waals surface area contributed by atoms with E-state index >= 15 is 0 Å². The number of nitrogens with zero attached hydrogens (tertiary/aromatic N) is 1. The second-order valence-electron chi connectivity index (χ2n) is 6.47. The van der Waals surface area contributed by atoms with Crippen molar-refractivity contribution in [3.8, 4) is 0 Å². The highest BCUT2D eigenvalue weighted by Crippen LogP contribution is 2.41. The van der Waals surface area contributed by atoms with Crippen LogP contribution in [-0.2, 0) is 14.3 Å². The summed E-state index contributed by atoms with van der Waals surface area (Å²) in [5.74, 6) is -0.768. The number of hydrogen-bond acceptors (Lipinski definition) is 4. The minimum absolute atomic E-state index is 0.116. The van der Waals surface area contributed by atoms with Crippen LogP contribution in [0.2, 0.25) is 0 Å². The Hall–Kier alpha value is -0.650. The molecule has 2 atom stereocenters. The van der Waals surface area contributed by atoms with Crippen molar-refractivity contribution >= 4 is 5.97 Å². The predicted molar refractivity (Wildman–Crippen MR) is 73.7 cm³/mol. The molecule has 0 radical (unpaired) electrons. The van der Waals surface area contributed by atoms with Crippen molar-refractivity contribution in [3.63, 3.8) is 0 Å². The molecule has 2 aliphatic heterocycles. The van der Waals surface area contributed by atoms with Gasteiger partial charge in [0, 0.05) is 25.7 Å². The Morgan fingerprint density at radius 1 is 1.30 bits per heavy atom. The summed E-state index contributed by atoms with van der Waals surface area (Å²) in [6, 6.07) is 0.544. The van der Waals surface area contributed by atoms with Gasteiger partial charge in [-0.2, -0.15) is 0 Å². The molecule has 5 heteroatoms. The third kappa shape index (κ3) is 3.15. The van der Waals surface area contributed by atoms with E-state index in [-0.39, 0.29) is 18.1 Å². The predicted octanol–water partition coefficient (Wildman–Crippen LogP) is 1.65. The average Bonchev–Trinajstić information content (AvgIpc) is 2.86. The molecule has 20 heavy (non-hydrogen) atoms. The maximum absolute atomic E-state index is 10.8. The lowest BCUT2D eigenvalue weighted by atomic mass is 9.87. The first-order valence-electron chi connectivity index (χ1n) is 7.88. The molecule has 2 heterocycles. The van der Waals surface area contributed by atoms with Gasteiger partial charge in [0.1, 0.15) is 0 Å². The summed E-state index contributed by atoms with van der Waals surface area (Å²) in [6.45, 7) is 3.19. The molecule has 3 fully saturated rings. The molecule has 2 unspecified atom stereocenters. The normalized spacial score (nSPS) is 34.4. The zero-order valence-electron chi connectivity index (χ0n) is 12.1. The van der Waals surface area contributed by atoms with Crippen molar-refractivity contribution < 1.29 is 19.4 Å². The molecular formula is C15H25NO4. The second-order valence-corrected chi connectivity index (χ2v) is 6.47. The highest BCUT2D eigenvalue weighted by atomic mass is 16.5. The first kappa shape index (κ1) is 14.3. The zero-order chi connectivity index (χ0) is 14.0. The van der Waals surface area contributed by atoms with Gasteiger partial charge < -0.3 is 14.6 Å². The van der Waals surface area contributed by atoms with Crippen LogP contribution in [0.3, 0.4) is 0 Å². The fourth-order valence-corrected chi connectivity index (χ4v) is 4.07. The maximum Gasteiger partial charge on any atom is 0.306 e. The molecular weight excluding hydrogens is 258 g/mol. The molecule has 0 aromatic rings. The van der Waals surface area contributed by atoms with Gasteiger partial charge >= 0.3 is 5.97 Å². The van der Waals surface area contributed by atoms with Crippen LogP contribution in [0, 0.1) is 0 Å². The van der Waals surface area contributed by atoms with Gasteiger partial charge in [-0.1, -0.05) is 12.8 Å². The molecule has 1 N–H and O–H groups in total. The summed E-state index contributed by atoms with van der Waals surface area (Å²) in [5, 5.41) is 8.91. The highest BCUT2D eigenvalue weighted by Gasteiger charge is 2.42. The van der Waals surface area contributed by atoms with Crippen molar-refractivity contribution in [2.24, 2.45) is 0 Å². The SMILES string of the molecule is O=C(O)CC1CN(C2CCOC3(CCCC3)C2)CCO1. The Labute approximate surface area is 120 Å². The van der Waals surface area contributed by atoms with Crippen molar-refractivity contribution in [3.05, 3.63) is 0 Å². The molecule has 114 valence electrons. The number of carboxylic acid groups (broad SMARTS) is 1. The minimum Gasteiger partial charge on any atom is -0.481 e. The largest absolute Gasteiger partial charge is 0.481 e. The van der Waals surface area contributed by atoms with Crippen molar-refractivity contribution in [1.29, 1.82) is 0 Å². The van der Waals surface area contributed by atoms with E-state index in [0.717, 1.165) is 32.5 Å². The highest BCUT2D eigenvalue weighted by molar-refractivity contribution is 5.67. The molecule has 1 spiro atoms. The molecule has 3 aliphatic rings. The van der Waals surface area contributed by atoms with E-state index in [4.69, 9.17) is 14.6 Å². The van der Waals surface area contributed by atoms with Crippen LogP contribution in [0.5, 0.6) is 0 Å². The first-order valence-corrected chi connectivity index (χ1v) is 7.88. The second kappa shape index (κ2) is 6.00. The average molecular weight is 283 g/mol. The van der Waals surface area contributed by atoms with Crippen LogP contribution in [-0.4, -0.2) is 60.0 Å². The van der Waals surface area contributed by atoms with Crippen molar-refractivity contribution in [1.82, 2.24) is 4.90 Å². The van der Waals surface area contributed by atoms with Crippen molar-refractivity contribution in [2.45, 2.75) is 62.7 Å². The van der Waals surface area contributed by atoms with Crippen LogP contribution in [0.15, 0.2) is 0 Å². The van der Waals surface area contributed by atoms with Gasteiger partial charge in [0.15, 0.2) is 0 Å². The van der Waals surface area contributed by atoms with Crippen LogP contribution in [0.25, 0.3) is 0 Å². The Balaban J connectivity index is 1.58. The number of aliphatic carboxylic acids is 1. The fraction of sp³-hybridized carbons (Fsp3) is 0.933. The summed E-state index contributed by atoms with van der Waals surface area (Å²) in [6.07, 6.45) is 7.14. The number of rotatable bonds is 3. The van der Waals surface area contributed by atoms with Gasteiger partial charge in [0.2, 0.25) is 0 Å². The molecule has 3 rings (SSSR count). The van der Waals surface area contributed by atoms with Gasteiger partial charge in [0.25, 0.3) is 0 Å². The number of morpholine rings is 1. The van der Waals surface area contributed by atoms with Gasteiger partial charge in [0.05, 0.1) is 24.7 Å². The van der Waals surface area contributed by atoms with E-state index in [2.05, 4.69) is 4.90 Å². The lowest BCUT2D eigenvalue weighted by Gasteiger charge is -2.45. The first-order chi connectivity index (χ1) is 9.67. The van der Waals surface area contributed by atoms with Gasteiger partial charge in [-0.25, -0.2) is 0 Å². The van der Waals surface area contributed by atoms with E-state index in [1.54, 1.807) is 0 Å². The zero-order valence-corrected chi connectivity index (χ0v) is 12.1. The Bertz CT molecular complexity index is 354. The van der Waals surface area contributed by atoms with Gasteiger partial charge in [-0.05, 0) is 25.7 Å². The Morgan fingerprint density at radius 2 is 2.10 bits per heavy atom. The van der Waals surface area contributed by atoms with E-state index in [1.807, 2.05) is 0 Å². The van der Waals surface area contributed by atoms with Crippen LogP contribution in [0.4, 0.5) is 0 Å². The molecule has 0 aromatic carbocycles. The molecule has 0 amide bonds. The third-order valence-electron chi connectivity index (χ3n) is 5.07. The van der Waals surface area contributed by atoms with E-state index in [1.165, 1.54) is 25.7 Å². The maximum atomic E-state index is 10.8. The molecule has 1 aliphatic carbocycles. The Morgan fingerprint density at radius 3 is 2.85 bits per heavy atom. The fourth-order valence-electron chi connectivity index (χ4n) is 4.07. The number of hydrogen-bond donors (Lipinski definition) is 1. The lowest BCUT2D eigenvalue weighted by Crippen LogP contribution is -2.53. The summed E-state index contributed by atoms with van der Waals surface area (Å²) in [4.78, 5) is 13.3. The molecule has 2 saturated heterocycles. The van der Waals surface area contributed by atoms with E-state index in [0.29, 0.717) is 12.6 Å². The minimum atomic E-state index is -0.768. The summed E-state index contributed by atoms with van der Waals surface area (Å²) in [7, 11) is 0. The number of carbonyl (C=O) groups is 1. The number of ether oxygens (including phenoxy) is 2. The smallest absolute Gasteiger partial charge is 0.306 e. The van der Waals surface area contributed by atoms with Crippen LogP contribution in [0.1, 0.15) is 44.9 Å². The number of carboxylic acids is 1. The summed E-state index contributed by atoms with van der Waals surface area (Å²) in [5.41, 5.74) is 0.128. The summed E-state index contributed by atoms with van der Waals surface area (Å²) < 4.78 is 11.7. The molecule has 0 bridgehead atoms.